The first-order valence-corrected chi connectivity index (χ1v) is 6.47. The maximum absolute atomic E-state index is 10.9. The van der Waals surface area contributed by atoms with E-state index in [1.165, 1.54) is 6.07 Å². The second kappa shape index (κ2) is 6.51. The van der Waals surface area contributed by atoms with Crippen molar-refractivity contribution in [2.75, 3.05) is 5.43 Å². The summed E-state index contributed by atoms with van der Waals surface area (Å²) in [5, 5.41) is 24.5. The number of hydrogen-bond donors (Lipinski definition) is 2. The highest BCUT2D eigenvalue weighted by Gasteiger charge is 2.11. The van der Waals surface area contributed by atoms with Gasteiger partial charge < -0.3 is 5.11 Å². The molecule has 0 aliphatic rings. The van der Waals surface area contributed by atoms with Crippen LogP contribution in [-0.4, -0.2) is 15.7 Å². The van der Waals surface area contributed by atoms with Crippen LogP contribution in [0.4, 0.5) is 11.4 Å². The van der Waals surface area contributed by atoms with E-state index in [0.29, 0.717) is 12.1 Å². The number of nitro groups is 1. The summed E-state index contributed by atoms with van der Waals surface area (Å²) in [6, 6.07) is 13.0. The van der Waals surface area contributed by atoms with Gasteiger partial charge in [0.15, 0.2) is 0 Å². The lowest BCUT2D eigenvalue weighted by atomic mass is 10.1. The predicted molar refractivity (Wildman–Crippen MR) is 81.7 cm³/mol. The lowest BCUT2D eigenvalue weighted by Crippen LogP contribution is -2.04. The topological polar surface area (TPSA) is 87.8 Å². The lowest BCUT2D eigenvalue weighted by molar-refractivity contribution is -0.384. The minimum Gasteiger partial charge on any atom is -0.508 e. The molecule has 2 N–H and O–H groups in total. The molecule has 0 saturated heterocycles. The number of phenolic OH excluding ortho intramolecular Hbond substituents is 1. The highest BCUT2D eigenvalue weighted by molar-refractivity contribution is 6.00. The van der Waals surface area contributed by atoms with Crippen LogP contribution in [0.3, 0.4) is 0 Å². The molecule has 0 fully saturated rings. The maximum Gasteiger partial charge on any atom is 0.294 e. The van der Waals surface area contributed by atoms with Gasteiger partial charge in [0.1, 0.15) is 11.4 Å². The number of nitrogens with zero attached hydrogens (tertiary/aromatic N) is 2. The van der Waals surface area contributed by atoms with Crippen LogP contribution in [0.5, 0.6) is 5.75 Å². The minimum absolute atomic E-state index is 0.0255. The van der Waals surface area contributed by atoms with Crippen molar-refractivity contribution in [2.45, 2.75) is 13.3 Å². The number of benzene rings is 2. The fourth-order valence-corrected chi connectivity index (χ4v) is 1.86. The van der Waals surface area contributed by atoms with Crippen LogP contribution in [0.1, 0.15) is 18.9 Å². The molecule has 2 rings (SSSR count). The first kappa shape index (κ1) is 14.5. The van der Waals surface area contributed by atoms with E-state index in [1.807, 2.05) is 6.92 Å². The third kappa shape index (κ3) is 3.56. The number of hydrazone groups is 1. The molecule has 6 heteroatoms. The summed E-state index contributed by atoms with van der Waals surface area (Å²) in [5.41, 5.74) is 4.65. The van der Waals surface area contributed by atoms with Crippen molar-refractivity contribution in [1.82, 2.24) is 0 Å². The van der Waals surface area contributed by atoms with Gasteiger partial charge in [0.2, 0.25) is 0 Å². The third-order valence-corrected chi connectivity index (χ3v) is 2.95. The minimum atomic E-state index is -0.454. The second-order valence-corrected chi connectivity index (χ2v) is 4.34. The van der Waals surface area contributed by atoms with Gasteiger partial charge in [-0.2, -0.15) is 5.10 Å². The Morgan fingerprint density at radius 2 is 1.90 bits per heavy atom. The molecular weight excluding hydrogens is 270 g/mol. The summed E-state index contributed by atoms with van der Waals surface area (Å²) < 4.78 is 0. The second-order valence-electron chi connectivity index (χ2n) is 4.34. The molecule has 0 radical (unpaired) electrons. The Labute approximate surface area is 121 Å². The zero-order chi connectivity index (χ0) is 15.2. The molecule has 6 nitrogen and oxygen atoms in total. The summed E-state index contributed by atoms with van der Waals surface area (Å²) in [6.45, 7) is 1.94. The van der Waals surface area contributed by atoms with Crippen LogP contribution in [-0.2, 0) is 0 Å². The summed E-state index contributed by atoms with van der Waals surface area (Å²) >= 11 is 0. The molecule has 0 heterocycles. The molecular formula is C15H15N3O3. The van der Waals surface area contributed by atoms with Crippen molar-refractivity contribution >= 4 is 17.1 Å². The van der Waals surface area contributed by atoms with Gasteiger partial charge in [-0.25, -0.2) is 0 Å². The van der Waals surface area contributed by atoms with E-state index >= 15 is 0 Å². The van der Waals surface area contributed by atoms with Gasteiger partial charge in [0.25, 0.3) is 5.69 Å². The van der Waals surface area contributed by atoms with Crippen molar-refractivity contribution in [3.05, 3.63) is 64.2 Å². The Bertz CT molecular complexity index is 666. The Hall–Kier alpha value is -2.89. The van der Waals surface area contributed by atoms with E-state index in [9.17, 15) is 15.2 Å². The van der Waals surface area contributed by atoms with E-state index in [0.717, 1.165) is 11.3 Å². The number of aromatic hydroxyl groups is 1. The fraction of sp³-hybridized carbons (Fsp3) is 0.133. The van der Waals surface area contributed by atoms with E-state index in [4.69, 9.17) is 0 Å². The summed E-state index contributed by atoms with van der Waals surface area (Å²) in [5.74, 6) is 0.181. The van der Waals surface area contributed by atoms with Crippen molar-refractivity contribution < 1.29 is 10.0 Å². The molecule has 2 aromatic rings. The first-order chi connectivity index (χ1) is 10.1. The summed E-state index contributed by atoms with van der Waals surface area (Å²) in [6.07, 6.45) is 0.651. The van der Waals surface area contributed by atoms with E-state index in [1.54, 1.807) is 42.5 Å². The number of hydrogen-bond acceptors (Lipinski definition) is 5. The van der Waals surface area contributed by atoms with Crippen LogP contribution >= 0.6 is 0 Å². The van der Waals surface area contributed by atoms with Gasteiger partial charge in [-0.1, -0.05) is 19.1 Å². The number of para-hydroxylation sites is 2. The SMILES string of the molecule is CCC(=NNc1ccccc1[N+](=O)[O-])c1ccc(O)cc1. The average molecular weight is 285 g/mol. The number of rotatable bonds is 5. The van der Waals surface area contributed by atoms with Gasteiger partial charge in [-0.15, -0.1) is 0 Å². The normalized spacial score (nSPS) is 11.2. The smallest absolute Gasteiger partial charge is 0.294 e. The van der Waals surface area contributed by atoms with Crippen LogP contribution < -0.4 is 5.43 Å². The van der Waals surface area contributed by atoms with Gasteiger partial charge >= 0.3 is 0 Å². The zero-order valence-electron chi connectivity index (χ0n) is 11.5. The van der Waals surface area contributed by atoms with Crippen LogP contribution in [0.15, 0.2) is 53.6 Å². The molecule has 2 aromatic carbocycles. The zero-order valence-corrected chi connectivity index (χ0v) is 11.5. The molecule has 0 amide bonds. The van der Waals surface area contributed by atoms with Crippen molar-refractivity contribution in [2.24, 2.45) is 5.10 Å². The average Bonchev–Trinajstić information content (AvgIpc) is 2.50. The molecule has 0 spiro atoms. The van der Waals surface area contributed by atoms with Gasteiger partial charge in [-0.05, 0) is 42.3 Å². The monoisotopic (exact) mass is 285 g/mol. The standard InChI is InChI=1S/C15H15N3O3/c1-2-13(11-7-9-12(19)10-8-11)16-17-14-5-3-4-6-15(14)18(20)21/h3-10,17,19H,2H2,1H3. The largest absolute Gasteiger partial charge is 0.508 e. The van der Waals surface area contributed by atoms with E-state index in [2.05, 4.69) is 10.5 Å². The molecule has 0 aliphatic carbocycles. The molecule has 21 heavy (non-hydrogen) atoms. The van der Waals surface area contributed by atoms with Gasteiger partial charge in [-0.3, -0.25) is 15.5 Å². The van der Waals surface area contributed by atoms with E-state index in [-0.39, 0.29) is 11.4 Å². The third-order valence-electron chi connectivity index (χ3n) is 2.95. The molecule has 0 aliphatic heterocycles. The highest BCUT2D eigenvalue weighted by atomic mass is 16.6. The van der Waals surface area contributed by atoms with Crippen molar-refractivity contribution in [3.8, 4) is 5.75 Å². The number of phenols is 1. The molecule has 0 saturated carbocycles. The quantitative estimate of drug-likeness (QED) is 0.499. The van der Waals surface area contributed by atoms with Crippen molar-refractivity contribution in [3.63, 3.8) is 0 Å². The Kier molecular flexibility index (Phi) is 4.50. The molecule has 0 unspecified atom stereocenters. The van der Waals surface area contributed by atoms with E-state index < -0.39 is 4.92 Å². The first-order valence-electron chi connectivity index (χ1n) is 6.47. The maximum atomic E-state index is 10.9. The summed E-state index contributed by atoms with van der Waals surface area (Å²) in [7, 11) is 0. The Morgan fingerprint density at radius 3 is 2.52 bits per heavy atom. The number of nitrogens with one attached hydrogen (secondary N) is 1. The summed E-state index contributed by atoms with van der Waals surface area (Å²) in [4.78, 5) is 10.5. The van der Waals surface area contributed by atoms with Crippen molar-refractivity contribution in [1.29, 1.82) is 0 Å². The molecule has 108 valence electrons. The fourth-order valence-electron chi connectivity index (χ4n) is 1.86. The lowest BCUT2D eigenvalue weighted by Gasteiger charge is -2.06. The van der Waals surface area contributed by atoms with Gasteiger partial charge in [0, 0.05) is 6.07 Å². The van der Waals surface area contributed by atoms with Crippen LogP contribution in [0.2, 0.25) is 0 Å². The number of nitro benzene ring substituents is 1. The predicted octanol–water partition coefficient (Wildman–Crippen LogP) is 3.53. The Morgan fingerprint density at radius 1 is 1.24 bits per heavy atom. The molecule has 0 bridgehead atoms. The van der Waals surface area contributed by atoms with Crippen LogP contribution in [0.25, 0.3) is 0 Å². The van der Waals surface area contributed by atoms with Crippen LogP contribution in [0, 0.1) is 10.1 Å². The molecule has 0 atom stereocenters. The Balaban J connectivity index is 2.26. The highest BCUT2D eigenvalue weighted by Crippen LogP contribution is 2.23. The van der Waals surface area contributed by atoms with Gasteiger partial charge in [0.05, 0.1) is 10.6 Å². The number of anilines is 1. The molecule has 0 aromatic heterocycles.